The number of rotatable bonds is 6. The average molecular weight is 377 g/mol. The van der Waals surface area contributed by atoms with Crippen molar-refractivity contribution in [1.82, 2.24) is 25.0 Å². The summed E-state index contributed by atoms with van der Waals surface area (Å²) in [5, 5.41) is 8.59. The number of fused-ring (bicyclic) bond motifs is 1. The number of carbonyl (C=O) groups is 1. The van der Waals surface area contributed by atoms with Crippen LogP contribution in [0.25, 0.3) is 11.0 Å². The Labute approximate surface area is 165 Å². The van der Waals surface area contributed by atoms with E-state index in [-0.39, 0.29) is 5.91 Å². The Bertz CT molecular complexity index is 929. The maximum atomic E-state index is 12.9. The highest BCUT2D eigenvalue weighted by Crippen LogP contribution is 2.22. The van der Waals surface area contributed by atoms with Crippen LogP contribution in [0.4, 0.5) is 0 Å². The third-order valence-electron chi connectivity index (χ3n) is 5.60. The molecule has 1 saturated heterocycles. The average Bonchev–Trinajstić information content (AvgIpc) is 3.15. The number of amides is 1. The fourth-order valence-electron chi connectivity index (χ4n) is 3.92. The fourth-order valence-corrected chi connectivity index (χ4v) is 3.92. The van der Waals surface area contributed by atoms with Crippen molar-refractivity contribution in [2.24, 2.45) is 5.92 Å². The summed E-state index contributed by atoms with van der Waals surface area (Å²) in [6, 6.07) is 12.1. The first kappa shape index (κ1) is 18.6. The minimum atomic E-state index is 0.0808. The highest BCUT2D eigenvalue weighted by molar-refractivity contribution is 5.96. The van der Waals surface area contributed by atoms with Gasteiger partial charge in [0.05, 0.1) is 18.3 Å². The lowest BCUT2D eigenvalue weighted by Gasteiger charge is -2.32. The van der Waals surface area contributed by atoms with Gasteiger partial charge in [-0.1, -0.05) is 30.3 Å². The molecule has 1 fully saturated rings. The Balaban J connectivity index is 1.44. The van der Waals surface area contributed by atoms with Crippen LogP contribution >= 0.6 is 0 Å². The monoisotopic (exact) mass is 377 g/mol. The standard InChI is InChI=1S/C22H27N5O/c1-23-10-7-17-8-11-26(12-9-17)22(28)20-13-19-15-25-27(21(19)24-14-20)16-18-5-3-2-4-6-18/h2-6,13-15,17,23H,7-12,16H2,1H3. The molecule has 0 atom stereocenters. The lowest BCUT2D eigenvalue weighted by atomic mass is 9.93. The number of aromatic nitrogens is 3. The van der Waals surface area contributed by atoms with Gasteiger partial charge in [0.15, 0.2) is 5.65 Å². The molecule has 0 bridgehead atoms. The van der Waals surface area contributed by atoms with E-state index in [1.165, 1.54) is 12.0 Å². The molecule has 0 unspecified atom stereocenters. The first-order chi connectivity index (χ1) is 13.7. The topological polar surface area (TPSA) is 63.1 Å². The van der Waals surface area contributed by atoms with E-state index in [1.54, 1.807) is 12.4 Å². The van der Waals surface area contributed by atoms with Gasteiger partial charge in [-0.3, -0.25) is 4.79 Å². The van der Waals surface area contributed by atoms with Crippen LogP contribution in [0.2, 0.25) is 0 Å². The van der Waals surface area contributed by atoms with Crippen LogP contribution < -0.4 is 5.32 Å². The van der Waals surface area contributed by atoms with Crippen LogP contribution in [-0.2, 0) is 6.54 Å². The summed E-state index contributed by atoms with van der Waals surface area (Å²) >= 11 is 0. The first-order valence-electron chi connectivity index (χ1n) is 10.0. The lowest BCUT2D eigenvalue weighted by Crippen LogP contribution is -2.39. The van der Waals surface area contributed by atoms with Crippen molar-refractivity contribution < 1.29 is 4.79 Å². The molecule has 0 radical (unpaired) electrons. The number of likely N-dealkylation sites (tertiary alicyclic amines) is 1. The molecule has 3 aromatic rings. The molecule has 3 heterocycles. The van der Waals surface area contributed by atoms with E-state index < -0.39 is 0 Å². The molecule has 0 spiro atoms. The minimum Gasteiger partial charge on any atom is -0.339 e. The molecule has 2 aromatic heterocycles. The number of nitrogens with zero attached hydrogens (tertiary/aromatic N) is 4. The number of pyridine rings is 1. The van der Waals surface area contributed by atoms with E-state index in [9.17, 15) is 4.79 Å². The molecular weight excluding hydrogens is 350 g/mol. The summed E-state index contributed by atoms with van der Waals surface area (Å²) in [6.07, 6.45) is 6.84. The third-order valence-corrected chi connectivity index (χ3v) is 5.60. The van der Waals surface area contributed by atoms with Gasteiger partial charge >= 0.3 is 0 Å². The second-order valence-electron chi connectivity index (χ2n) is 7.55. The zero-order valence-corrected chi connectivity index (χ0v) is 16.3. The molecular formula is C22H27N5O. The molecule has 0 saturated carbocycles. The van der Waals surface area contributed by atoms with Gasteiger partial charge in [0.2, 0.25) is 0 Å². The normalized spacial score (nSPS) is 15.2. The van der Waals surface area contributed by atoms with Gasteiger partial charge in [0.1, 0.15) is 0 Å². The maximum Gasteiger partial charge on any atom is 0.255 e. The zero-order valence-electron chi connectivity index (χ0n) is 16.3. The fraction of sp³-hybridized carbons (Fsp3) is 0.409. The first-order valence-corrected chi connectivity index (χ1v) is 10.0. The SMILES string of the molecule is CNCCC1CCN(C(=O)c2cnc3c(cnn3Cc3ccccc3)c2)CC1. The Morgan fingerprint density at radius 3 is 2.71 bits per heavy atom. The molecule has 6 heteroatoms. The van der Waals surface area contributed by atoms with Crippen molar-refractivity contribution in [2.75, 3.05) is 26.7 Å². The Hall–Kier alpha value is -2.73. The summed E-state index contributed by atoms with van der Waals surface area (Å²) in [6.45, 7) is 3.38. The van der Waals surface area contributed by atoms with Crippen molar-refractivity contribution >= 4 is 16.9 Å². The summed E-state index contributed by atoms with van der Waals surface area (Å²) in [7, 11) is 1.99. The smallest absolute Gasteiger partial charge is 0.255 e. The predicted octanol–water partition coefficient (Wildman–Crippen LogP) is 2.94. The number of hydrogen-bond donors (Lipinski definition) is 1. The van der Waals surface area contributed by atoms with Gasteiger partial charge in [0.25, 0.3) is 5.91 Å². The highest BCUT2D eigenvalue weighted by Gasteiger charge is 2.24. The third kappa shape index (κ3) is 4.07. The van der Waals surface area contributed by atoms with Crippen molar-refractivity contribution in [1.29, 1.82) is 0 Å². The van der Waals surface area contributed by atoms with Crippen molar-refractivity contribution in [3.8, 4) is 0 Å². The van der Waals surface area contributed by atoms with E-state index >= 15 is 0 Å². The van der Waals surface area contributed by atoms with E-state index in [2.05, 4.69) is 27.5 Å². The van der Waals surface area contributed by atoms with Crippen LogP contribution in [0, 0.1) is 5.92 Å². The molecule has 4 rings (SSSR count). The molecule has 6 nitrogen and oxygen atoms in total. The number of nitrogens with one attached hydrogen (secondary N) is 1. The zero-order chi connectivity index (χ0) is 19.3. The van der Waals surface area contributed by atoms with Gasteiger partial charge in [-0.15, -0.1) is 0 Å². The van der Waals surface area contributed by atoms with Crippen LogP contribution in [0.5, 0.6) is 0 Å². The molecule has 0 aliphatic carbocycles. The number of hydrogen-bond acceptors (Lipinski definition) is 4. The molecule has 1 aliphatic rings. The second kappa shape index (κ2) is 8.52. The van der Waals surface area contributed by atoms with Crippen LogP contribution in [-0.4, -0.2) is 52.3 Å². The summed E-state index contributed by atoms with van der Waals surface area (Å²) in [5.41, 5.74) is 2.64. The predicted molar refractivity (Wildman–Crippen MR) is 110 cm³/mol. The lowest BCUT2D eigenvalue weighted by molar-refractivity contribution is 0.0687. The second-order valence-corrected chi connectivity index (χ2v) is 7.55. The molecule has 28 heavy (non-hydrogen) atoms. The summed E-state index contributed by atoms with van der Waals surface area (Å²) in [5.74, 6) is 0.797. The quantitative estimate of drug-likeness (QED) is 0.717. The highest BCUT2D eigenvalue weighted by atomic mass is 16.2. The summed E-state index contributed by atoms with van der Waals surface area (Å²) in [4.78, 5) is 19.4. The largest absolute Gasteiger partial charge is 0.339 e. The maximum absolute atomic E-state index is 12.9. The number of piperidine rings is 1. The Morgan fingerprint density at radius 2 is 1.96 bits per heavy atom. The van der Waals surface area contributed by atoms with Gasteiger partial charge < -0.3 is 10.2 Å². The van der Waals surface area contributed by atoms with E-state index in [0.717, 1.165) is 43.5 Å². The van der Waals surface area contributed by atoms with Crippen molar-refractivity contribution in [3.63, 3.8) is 0 Å². The van der Waals surface area contributed by atoms with Gasteiger partial charge in [-0.05, 0) is 50.4 Å². The minimum absolute atomic E-state index is 0.0808. The number of carbonyl (C=O) groups excluding carboxylic acids is 1. The van der Waals surface area contributed by atoms with Gasteiger partial charge in [-0.25, -0.2) is 9.67 Å². The summed E-state index contributed by atoms with van der Waals surface area (Å²) < 4.78 is 1.88. The van der Waals surface area contributed by atoms with Crippen LogP contribution in [0.15, 0.2) is 48.8 Å². The molecule has 1 N–H and O–H groups in total. The van der Waals surface area contributed by atoms with E-state index in [4.69, 9.17) is 0 Å². The van der Waals surface area contributed by atoms with E-state index in [1.807, 2.05) is 40.9 Å². The molecule has 1 aliphatic heterocycles. The van der Waals surface area contributed by atoms with Crippen molar-refractivity contribution in [2.45, 2.75) is 25.8 Å². The van der Waals surface area contributed by atoms with Gasteiger partial charge in [0, 0.05) is 24.7 Å². The van der Waals surface area contributed by atoms with Crippen LogP contribution in [0.3, 0.4) is 0 Å². The van der Waals surface area contributed by atoms with E-state index in [0.29, 0.717) is 18.0 Å². The van der Waals surface area contributed by atoms with Crippen LogP contribution in [0.1, 0.15) is 35.2 Å². The van der Waals surface area contributed by atoms with Crippen molar-refractivity contribution in [3.05, 3.63) is 59.9 Å². The molecule has 1 aromatic carbocycles. The Morgan fingerprint density at radius 1 is 1.18 bits per heavy atom. The number of benzene rings is 1. The molecule has 1 amide bonds. The molecule has 146 valence electrons. The van der Waals surface area contributed by atoms with Gasteiger partial charge in [-0.2, -0.15) is 5.10 Å². The Kier molecular flexibility index (Phi) is 5.67.